The van der Waals surface area contributed by atoms with Gasteiger partial charge >= 0.3 is 15.6 Å². The second kappa shape index (κ2) is 15.0. The Bertz CT molecular complexity index is 1770. The Balaban J connectivity index is 1.73. The maximum absolute atomic E-state index is 11.8. The van der Waals surface area contributed by atoms with Crippen molar-refractivity contribution in [2.75, 3.05) is 30.8 Å². The smallest absolute Gasteiger partial charge is 0.404 e. The first kappa shape index (κ1) is 34.8. The zero-order valence-electron chi connectivity index (χ0n) is 24.3. The molecule has 2 heterocycles. The van der Waals surface area contributed by atoms with Crippen LogP contribution in [0.4, 0.5) is 5.82 Å². The van der Waals surface area contributed by atoms with Crippen LogP contribution in [0.2, 0.25) is 0 Å². The molecule has 0 aliphatic heterocycles. The van der Waals surface area contributed by atoms with Crippen LogP contribution in [0.3, 0.4) is 0 Å². The second-order valence-electron chi connectivity index (χ2n) is 10.0. The lowest BCUT2D eigenvalue weighted by atomic mass is 10.1. The number of aromatic nitrogens is 3. The van der Waals surface area contributed by atoms with Crippen molar-refractivity contribution in [2.45, 2.75) is 39.2 Å². The molecule has 0 radical (unpaired) electrons. The molecule has 244 valence electrons. The topological polar surface area (TPSA) is 229 Å². The van der Waals surface area contributed by atoms with Crippen LogP contribution in [-0.4, -0.2) is 65.1 Å². The number of hydrogen-bond donors (Lipinski definition) is 6. The predicted octanol–water partition coefficient (Wildman–Crippen LogP) is 3.57. The molecule has 45 heavy (non-hydrogen) atoms. The van der Waals surface area contributed by atoms with E-state index in [0.29, 0.717) is 55.0 Å². The van der Waals surface area contributed by atoms with Gasteiger partial charge in [-0.3, -0.25) is 24.4 Å². The number of carbonyl (C=O) groups is 1. The van der Waals surface area contributed by atoms with Gasteiger partial charge in [-0.2, -0.15) is 0 Å². The van der Waals surface area contributed by atoms with Gasteiger partial charge in [0.25, 0.3) is 0 Å². The fourth-order valence-electron chi connectivity index (χ4n) is 4.72. The number of imidazole rings is 1. The lowest BCUT2D eigenvalue weighted by Crippen LogP contribution is -2.28. The van der Waals surface area contributed by atoms with Crippen LogP contribution in [0.15, 0.2) is 36.4 Å². The van der Waals surface area contributed by atoms with E-state index in [1.54, 1.807) is 0 Å². The first-order valence-corrected chi connectivity index (χ1v) is 18.1. The van der Waals surface area contributed by atoms with E-state index >= 15 is 0 Å². The molecule has 0 fully saturated rings. The van der Waals surface area contributed by atoms with Crippen molar-refractivity contribution < 1.29 is 47.3 Å². The van der Waals surface area contributed by atoms with Gasteiger partial charge in [0.05, 0.1) is 36.1 Å². The molecule has 1 amide bonds. The van der Waals surface area contributed by atoms with Crippen molar-refractivity contribution in [3.8, 4) is 11.5 Å². The number of hydrogen-bond acceptors (Lipinski definition) is 9. The normalized spacial score (nSPS) is 12.1. The average molecular weight is 730 g/mol. The van der Waals surface area contributed by atoms with Crippen molar-refractivity contribution in [1.29, 1.82) is 0 Å². The molecule has 4 aromatic rings. The molecule has 18 heteroatoms. The third-order valence-electron chi connectivity index (χ3n) is 6.63. The number of benzene rings is 2. The monoisotopic (exact) mass is 729 g/mol. The number of pyridine rings is 1. The molecule has 4 rings (SSSR count). The van der Waals surface area contributed by atoms with E-state index in [4.69, 9.17) is 24.5 Å². The van der Waals surface area contributed by atoms with Gasteiger partial charge in [-0.1, -0.05) is 41.4 Å². The van der Waals surface area contributed by atoms with Crippen LogP contribution in [0, 0.1) is 0 Å². The first-order chi connectivity index (χ1) is 21.3. The highest BCUT2D eigenvalue weighted by Crippen LogP contribution is 2.43. The third-order valence-corrected chi connectivity index (χ3v) is 8.02. The predicted molar refractivity (Wildman–Crippen MR) is 170 cm³/mol. The summed E-state index contributed by atoms with van der Waals surface area (Å²) in [7, 11) is -9.92. The van der Waals surface area contributed by atoms with Crippen molar-refractivity contribution in [1.82, 2.24) is 19.9 Å². The van der Waals surface area contributed by atoms with Crippen LogP contribution in [0.5, 0.6) is 11.5 Å². The Labute approximate surface area is 266 Å². The minimum absolute atomic E-state index is 0.0526. The number of carbonyl (C=O) groups excluding carboxylic acids is 1. The number of fused-ring (bicyclic) bond motifs is 3. The number of alkyl halides is 1. The summed E-state index contributed by atoms with van der Waals surface area (Å²) in [6, 6.07) is 9.26. The molecule has 15 nitrogen and oxygen atoms in total. The van der Waals surface area contributed by atoms with E-state index < -0.39 is 15.6 Å². The number of nitrogen functional groups attached to an aromatic ring is 1. The Kier molecular flexibility index (Phi) is 11.6. The van der Waals surface area contributed by atoms with Crippen molar-refractivity contribution in [3.63, 3.8) is 0 Å². The molecule has 0 atom stereocenters. The van der Waals surface area contributed by atoms with E-state index in [-0.39, 0.29) is 40.7 Å². The van der Waals surface area contributed by atoms with Crippen LogP contribution in [-0.2, 0) is 38.0 Å². The van der Waals surface area contributed by atoms with Crippen molar-refractivity contribution >= 4 is 65.2 Å². The molecule has 7 N–H and O–H groups in total. The number of aryl methyl sites for hydroxylation is 1. The molecule has 0 bridgehead atoms. The van der Waals surface area contributed by atoms with Gasteiger partial charge in [-0.25, -0.2) is 19.1 Å². The fourth-order valence-corrected chi connectivity index (χ4v) is 5.74. The first-order valence-electron chi connectivity index (χ1n) is 13.9. The number of nitrogens with one attached hydrogen (secondary N) is 1. The molecule has 0 saturated carbocycles. The van der Waals surface area contributed by atoms with Crippen LogP contribution in [0.25, 0.3) is 21.9 Å². The molecule has 0 saturated heterocycles. The summed E-state index contributed by atoms with van der Waals surface area (Å²) in [5, 5.41) is 3.66. The fraction of sp³-hybridized carbons (Fsp3) is 0.370. The molecule has 0 aliphatic rings. The summed E-state index contributed by atoms with van der Waals surface area (Å²) >= 11 is 3.09. The Morgan fingerprint density at radius 3 is 2.47 bits per heavy atom. The minimum atomic E-state index is -4.99. The summed E-state index contributed by atoms with van der Waals surface area (Å²) in [6.45, 7) is 3.16. The third kappa shape index (κ3) is 9.71. The summed E-state index contributed by atoms with van der Waals surface area (Å²) in [5.41, 5.74) is 9.16. The molecule has 2 aromatic heterocycles. The zero-order valence-corrected chi connectivity index (χ0v) is 27.6. The number of rotatable bonds is 16. The van der Waals surface area contributed by atoms with Gasteiger partial charge < -0.3 is 29.4 Å². The number of nitrogens with two attached hydrogens (primary N) is 1. The Morgan fingerprint density at radius 2 is 1.78 bits per heavy atom. The van der Waals surface area contributed by atoms with E-state index in [0.717, 1.165) is 29.9 Å². The molecular weight excluding hydrogens is 696 g/mol. The van der Waals surface area contributed by atoms with E-state index in [2.05, 4.69) is 26.2 Å². The molecule has 2 aromatic carbocycles. The van der Waals surface area contributed by atoms with E-state index in [9.17, 15) is 33.5 Å². The van der Waals surface area contributed by atoms with Crippen molar-refractivity contribution in [2.24, 2.45) is 0 Å². The quantitative estimate of drug-likeness (QED) is 0.0551. The zero-order chi connectivity index (χ0) is 32.8. The number of ether oxygens (including phenoxy) is 1. The Hall–Kier alpha value is -3.07. The summed E-state index contributed by atoms with van der Waals surface area (Å²) in [4.78, 5) is 58.4. The van der Waals surface area contributed by atoms with Gasteiger partial charge in [0.2, 0.25) is 5.91 Å². The summed E-state index contributed by atoms with van der Waals surface area (Å²) < 4.78 is 40.4. The Morgan fingerprint density at radius 1 is 1.02 bits per heavy atom. The van der Waals surface area contributed by atoms with Crippen LogP contribution >= 0.6 is 31.6 Å². The maximum atomic E-state index is 11.8. The molecular formula is C27H34BrN5O10P2. The number of phosphoric ester groups is 2. The highest BCUT2D eigenvalue weighted by molar-refractivity contribution is 9.09. The van der Waals surface area contributed by atoms with Crippen LogP contribution in [0.1, 0.15) is 36.7 Å². The number of amides is 1. The van der Waals surface area contributed by atoms with Gasteiger partial charge in [-0.15, -0.1) is 0 Å². The number of unbranched alkanes of at least 4 members (excludes halogenated alkanes) is 1. The molecule has 0 spiro atoms. The maximum Gasteiger partial charge on any atom is 0.524 e. The van der Waals surface area contributed by atoms with Gasteiger partial charge in [0, 0.05) is 23.9 Å². The highest BCUT2D eigenvalue weighted by Gasteiger charge is 2.24. The summed E-state index contributed by atoms with van der Waals surface area (Å²) in [6.07, 6.45) is 2.78. The summed E-state index contributed by atoms with van der Waals surface area (Å²) in [5.74, 6) is 0.272. The van der Waals surface area contributed by atoms with Crippen LogP contribution < -0.4 is 20.1 Å². The lowest BCUT2D eigenvalue weighted by molar-refractivity contribution is -0.118. The standard InChI is InChI=1S/C27H34BrN5O10P2/c1-2-3-4-23-32-25-26(33(23)16-18-14-19(42-44(35,36)37)6-8-22(18)43-45(38,39)40)20-7-5-17(13-21(20)31-27(25)29)9-11-41-12-10-30-24(34)15-28/h5-8,13-14H,2-4,9-12,15-16H2,1H3,(H2,29,31)(H,30,34)(H2,35,36,37)(H2,38,39,40). The average Bonchev–Trinajstić information content (AvgIpc) is 3.32. The lowest BCUT2D eigenvalue weighted by Gasteiger charge is -2.17. The largest absolute Gasteiger partial charge is 0.524 e. The SMILES string of the molecule is CCCCc1nc2c(N)nc3cc(CCOCCNC(=O)CBr)ccc3c2n1Cc1cc(OP(=O)(O)O)ccc1OP(=O)(O)O. The number of nitrogens with zero attached hydrogens (tertiary/aromatic N) is 3. The second-order valence-corrected chi connectivity index (χ2v) is 12.9. The molecule has 0 unspecified atom stereocenters. The van der Waals surface area contributed by atoms with Crippen molar-refractivity contribution in [3.05, 3.63) is 53.3 Å². The van der Waals surface area contributed by atoms with E-state index in [1.807, 2.05) is 29.7 Å². The number of phosphoric acid groups is 2. The van der Waals surface area contributed by atoms with Gasteiger partial charge in [-0.05, 0) is 42.7 Å². The van der Waals surface area contributed by atoms with Gasteiger partial charge in [0.1, 0.15) is 22.8 Å². The minimum Gasteiger partial charge on any atom is -0.404 e. The van der Waals surface area contributed by atoms with Gasteiger partial charge in [0.15, 0.2) is 5.82 Å². The highest BCUT2D eigenvalue weighted by atomic mass is 79.9. The van der Waals surface area contributed by atoms with E-state index in [1.165, 1.54) is 12.1 Å². The number of anilines is 1. The molecule has 0 aliphatic carbocycles. The number of halogens is 1.